The van der Waals surface area contributed by atoms with E-state index in [1.807, 2.05) is 25.0 Å². The Kier molecular flexibility index (Phi) is 3.59. The predicted molar refractivity (Wildman–Crippen MR) is 69.9 cm³/mol. The van der Waals surface area contributed by atoms with Crippen LogP contribution in [0.3, 0.4) is 0 Å². The van der Waals surface area contributed by atoms with Crippen molar-refractivity contribution in [3.63, 3.8) is 0 Å². The number of nitrogens with zero attached hydrogens (tertiary/aromatic N) is 2. The first kappa shape index (κ1) is 11.9. The molecule has 1 atom stereocenters. The van der Waals surface area contributed by atoms with E-state index >= 15 is 0 Å². The summed E-state index contributed by atoms with van der Waals surface area (Å²) >= 11 is 0. The molecular weight excluding hydrogens is 210 g/mol. The van der Waals surface area contributed by atoms with Crippen molar-refractivity contribution >= 4 is 0 Å². The minimum Gasteiger partial charge on any atom is -0.311 e. The smallest absolute Gasteiger partial charge is 0.0553 e. The molecule has 1 N–H and O–H groups in total. The van der Waals surface area contributed by atoms with Gasteiger partial charge in [-0.05, 0) is 32.0 Å². The molecule has 3 nitrogen and oxygen atoms in total. The Morgan fingerprint density at radius 1 is 1.35 bits per heavy atom. The minimum absolute atomic E-state index is 0.310. The van der Waals surface area contributed by atoms with Crippen LogP contribution in [-0.4, -0.2) is 16.8 Å². The highest BCUT2D eigenvalue weighted by atomic mass is 15.3. The zero-order valence-corrected chi connectivity index (χ0v) is 10.6. The van der Waals surface area contributed by atoms with Crippen LogP contribution in [0, 0.1) is 6.92 Å². The van der Waals surface area contributed by atoms with Crippen LogP contribution in [0.4, 0.5) is 0 Å². The van der Waals surface area contributed by atoms with Gasteiger partial charge >= 0.3 is 0 Å². The van der Waals surface area contributed by atoms with E-state index in [1.165, 1.54) is 16.8 Å². The molecule has 0 aliphatic heterocycles. The Balaban J connectivity index is 2.19. The van der Waals surface area contributed by atoms with E-state index in [0.717, 1.165) is 6.42 Å². The van der Waals surface area contributed by atoms with Crippen LogP contribution in [-0.2, 0) is 13.5 Å². The van der Waals surface area contributed by atoms with E-state index in [4.69, 9.17) is 0 Å². The molecule has 1 aromatic heterocycles. The van der Waals surface area contributed by atoms with Crippen LogP contribution >= 0.6 is 0 Å². The molecule has 1 unspecified atom stereocenters. The van der Waals surface area contributed by atoms with Gasteiger partial charge in [-0.25, -0.2) is 0 Å². The van der Waals surface area contributed by atoms with Crippen LogP contribution in [0.5, 0.6) is 0 Å². The quantitative estimate of drug-likeness (QED) is 0.871. The molecule has 0 saturated carbocycles. The fraction of sp³-hybridized carbons (Fsp3) is 0.357. The number of aromatic nitrogens is 2. The molecule has 0 amide bonds. The molecule has 0 aliphatic carbocycles. The maximum atomic E-state index is 4.22. The lowest BCUT2D eigenvalue weighted by atomic mass is 10.0. The molecule has 0 aliphatic rings. The van der Waals surface area contributed by atoms with Gasteiger partial charge in [0.05, 0.1) is 11.7 Å². The molecule has 3 heteroatoms. The predicted octanol–water partition coefficient (Wildman–Crippen LogP) is 2.23. The fourth-order valence-electron chi connectivity index (χ4n) is 2.16. The van der Waals surface area contributed by atoms with Crippen molar-refractivity contribution in [2.45, 2.75) is 19.4 Å². The van der Waals surface area contributed by atoms with Crippen molar-refractivity contribution in [1.82, 2.24) is 15.1 Å². The standard InChI is InChI=1S/C14H19N3/c1-11-5-4-6-12(9-11)10-13(15-2)14-7-8-16-17(14)3/h4-9,13,15H,10H2,1-3H3. The van der Waals surface area contributed by atoms with Gasteiger partial charge in [0.15, 0.2) is 0 Å². The number of aryl methyl sites for hydroxylation is 2. The summed E-state index contributed by atoms with van der Waals surface area (Å²) in [4.78, 5) is 0. The van der Waals surface area contributed by atoms with Crippen molar-refractivity contribution < 1.29 is 0 Å². The third-order valence-electron chi connectivity index (χ3n) is 3.09. The SMILES string of the molecule is CNC(Cc1cccc(C)c1)c1ccnn1C. The third-order valence-corrected chi connectivity index (χ3v) is 3.09. The van der Waals surface area contributed by atoms with Gasteiger partial charge in [0.2, 0.25) is 0 Å². The molecule has 0 spiro atoms. The van der Waals surface area contributed by atoms with Gasteiger partial charge < -0.3 is 5.32 Å². The minimum atomic E-state index is 0.310. The summed E-state index contributed by atoms with van der Waals surface area (Å²) in [6.45, 7) is 2.13. The maximum Gasteiger partial charge on any atom is 0.0553 e. The molecule has 0 bridgehead atoms. The van der Waals surface area contributed by atoms with Gasteiger partial charge in [-0.1, -0.05) is 29.8 Å². The average Bonchev–Trinajstić information content (AvgIpc) is 2.72. The van der Waals surface area contributed by atoms with E-state index in [1.54, 1.807) is 0 Å². The lowest BCUT2D eigenvalue weighted by Crippen LogP contribution is -2.21. The molecule has 0 saturated heterocycles. The molecule has 1 heterocycles. The van der Waals surface area contributed by atoms with Crippen molar-refractivity contribution in [2.24, 2.45) is 7.05 Å². The van der Waals surface area contributed by atoms with E-state index in [9.17, 15) is 0 Å². The van der Waals surface area contributed by atoms with Crippen LogP contribution in [0.15, 0.2) is 36.5 Å². The average molecular weight is 229 g/mol. The van der Waals surface area contributed by atoms with Crippen LogP contribution in [0.2, 0.25) is 0 Å². The highest BCUT2D eigenvalue weighted by Gasteiger charge is 2.13. The van der Waals surface area contributed by atoms with Crippen LogP contribution in [0.25, 0.3) is 0 Å². The number of hydrogen-bond donors (Lipinski definition) is 1. The van der Waals surface area contributed by atoms with Crippen molar-refractivity contribution in [2.75, 3.05) is 7.05 Å². The first-order valence-corrected chi connectivity index (χ1v) is 5.91. The first-order chi connectivity index (χ1) is 8.20. The van der Waals surface area contributed by atoms with Gasteiger partial charge in [0.1, 0.15) is 0 Å². The first-order valence-electron chi connectivity index (χ1n) is 5.91. The largest absolute Gasteiger partial charge is 0.311 e. The Morgan fingerprint density at radius 3 is 2.76 bits per heavy atom. The Labute approximate surface area is 102 Å². The van der Waals surface area contributed by atoms with Gasteiger partial charge in [0.25, 0.3) is 0 Å². The molecule has 0 radical (unpaired) electrons. The summed E-state index contributed by atoms with van der Waals surface area (Å²) in [5.41, 5.74) is 3.88. The summed E-state index contributed by atoms with van der Waals surface area (Å²) in [6.07, 6.45) is 2.83. The van der Waals surface area contributed by atoms with Crippen molar-refractivity contribution in [3.8, 4) is 0 Å². The Bertz CT molecular complexity index is 488. The molecule has 1 aromatic carbocycles. The zero-order valence-electron chi connectivity index (χ0n) is 10.6. The van der Waals surface area contributed by atoms with E-state index < -0.39 is 0 Å². The van der Waals surface area contributed by atoms with Gasteiger partial charge in [-0.3, -0.25) is 4.68 Å². The van der Waals surface area contributed by atoms with Crippen LogP contribution < -0.4 is 5.32 Å². The van der Waals surface area contributed by atoms with Crippen molar-refractivity contribution in [1.29, 1.82) is 0 Å². The van der Waals surface area contributed by atoms with Gasteiger partial charge in [-0.2, -0.15) is 5.10 Å². The zero-order chi connectivity index (χ0) is 12.3. The van der Waals surface area contributed by atoms with E-state index in [-0.39, 0.29) is 0 Å². The molecule has 90 valence electrons. The summed E-state index contributed by atoms with van der Waals surface area (Å²) in [7, 11) is 3.98. The number of hydrogen-bond acceptors (Lipinski definition) is 2. The third kappa shape index (κ3) is 2.74. The molecule has 2 rings (SSSR count). The monoisotopic (exact) mass is 229 g/mol. The van der Waals surface area contributed by atoms with Crippen molar-refractivity contribution in [3.05, 3.63) is 53.3 Å². The van der Waals surface area contributed by atoms with Crippen LogP contribution in [0.1, 0.15) is 22.9 Å². The lowest BCUT2D eigenvalue weighted by Gasteiger charge is -2.16. The number of nitrogens with one attached hydrogen (secondary N) is 1. The molecule has 17 heavy (non-hydrogen) atoms. The Hall–Kier alpha value is -1.61. The van der Waals surface area contributed by atoms with Gasteiger partial charge in [-0.15, -0.1) is 0 Å². The number of likely N-dealkylation sites (N-methyl/N-ethyl adjacent to an activating group) is 1. The second-order valence-electron chi connectivity index (χ2n) is 4.41. The number of rotatable bonds is 4. The summed E-state index contributed by atoms with van der Waals surface area (Å²) in [5.74, 6) is 0. The topological polar surface area (TPSA) is 29.9 Å². The van der Waals surface area contributed by atoms with E-state index in [2.05, 4.69) is 47.7 Å². The normalized spacial score (nSPS) is 12.6. The fourth-order valence-corrected chi connectivity index (χ4v) is 2.16. The second kappa shape index (κ2) is 5.15. The lowest BCUT2D eigenvalue weighted by molar-refractivity contribution is 0.537. The summed E-state index contributed by atoms with van der Waals surface area (Å²) < 4.78 is 1.93. The maximum absolute atomic E-state index is 4.22. The second-order valence-corrected chi connectivity index (χ2v) is 4.41. The molecule has 0 fully saturated rings. The number of benzene rings is 1. The molecular formula is C14H19N3. The highest BCUT2D eigenvalue weighted by Crippen LogP contribution is 2.17. The Morgan fingerprint density at radius 2 is 2.18 bits per heavy atom. The summed E-state index contributed by atoms with van der Waals surface area (Å²) in [6, 6.07) is 11.0. The van der Waals surface area contributed by atoms with Gasteiger partial charge in [0, 0.05) is 13.2 Å². The highest BCUT2D eigenvalue weighted by molar-refractivity contribution is 5.24. The van der Waals surface area contributed by atoms with E-state index in [0.29, 0.717) is 6.04 Å². The summed E-state index contributed by atoms with van der Waals surface area (Å²) in [5, 5.41) is 7.57. The molecule has 2 aromatic rings.